The lowest BCUT2D eigenvalue weighted by Gasteiger charge is -2.10. The average Bonchev–Trinajstić information content (AvgIpc) is 2.53. The quantitative estimate of drug-likeness (QED) is 0.204. The van der Waals surface area contributed by atoms with Gasteiger partial charge in [-0.2, -0.15) is 0 Å². The Hall–Kier alpha value is -1.22. The van der Waals surface area contributed by atoms with Gasteiger partial charge in [-0.1, -0.05) is 74.9 Å². The van der Waals surface area contributed by atoms with Crippen molar-refractivity contribution in [2.45, 2.75) is 78.1 Å². The van der Waals surface area contributed by atoms with Crippen molar-refractivity contribution in [1.82, 2.24) is 0 Å². The Bertz CT molecular complexity index is 422. The molecule has 0 saturated heterocycles. The SMILES string of the molecule is CCC=CCC=CCC=CCCCCCCC(CC(C)=S)C(=O)O. The van der Waals surface area contributed by atoms with Crippen LogP contribution in [0.5, 0.6) is 0 Å². The van der Waals surface area contributed by atoms with Gasteiger partial charge in [-0.3, -0.25) is 4.79 Å². The van der Waals surface area contributed by atoms with Gasteiger partial charge in [-0.15, -0.1) is 0 Å². The van der Waals surface area contributed by atoms with Crippen LogP contribution in [0.1, 0.15) is 78.1 Å². The lowest BCUT2D eigenvalue weighted by molar-refractivity contribution is -0.141. The van der Waals surface area contributed by atoms with Crippen LogP contribution in [0.2, 0.25) is 0 Å². The number of carboxylic acids is 1. The van der Waals surface area contributed by atoms with E-state index >= 15 is 0 Å². The lowest BCUT2D eigenvalue weighted by Crippen LogP contribution is -2.16. The molecular formula is C21H34O2S. The molecule has 0 aromatic carbocycles. The molecule has 0 heterocycles. The van der Waals surface area contributed by atoms with E-state index in [-0.39, 0.29) is 5.92 Å². The zero-order chi connectivity index (χ0) is 18.0. The first-order valence-corrected chi connectivity index (χ1v) is 9.66. The molecule has 0 aromatic heterocycles. The minimum Gasteiger partial charge on any atom is -0.481 e. The number of carboxylic acid groups (broad SMARTS) is 1. The Labute approximate surface area is 153 Å². The van der Waals surface area contributed by atoms with E-state index < -0.39 is 5.97 Å². The molecule has 0 saturated carbocycles. The highest BCUT2D eigenvalue weighted by Gasteiger charge is 2.17. The van der Waals surface area contributed by atoms with Crippen LogP contribution < -0.4 is 0 Å². The third-order valence-electron chi connectivity index (χ3n) is 3.84. The summed E-state index contributed by atoms with van der Waals surface area (Å²) in [5.74, 6) is -0.998. The first-order chi connectivity index (χ1) is 11.6. The van der Waals surface area contributed by atoms with Gasteiger partial charge >= 0.3 is 5.97 Å². The molecule has 0 fully saturated rings. The Morgan fingerprint density at radius 3 is 2.12 bits per heavy atom. The van der Waals surface area contributed by atoms with Gasteiger partial charge in [-0.25, -0.2) is 0 Å². The highest BCUT2D eigenvalue weighted by molar-refractivity contribution is 7.80. The summed E-state index contributed by atoms with van der Waals surface area (Å²) in [6.07, 6.45) is 23.3. The van der Waals surface area contributed by atoms with Crippen LogP contribution >= 0.6 is 12.2 Å². The summed E-state index contributed by atoms with van der Waals surface area (Å²) in [6.45, 7) is 3.97. The highest BCUT2D eigenvalue weighted by atomic mass is 32.1. The van der Waals surface area contributed by atoms with E-state index in [0.717, 1.165) is 49.8 Å². The fourth-order valence-corrected chi connectivity index (χ4v) is 2.69. The van der Waals surface area contributed by atoms with Crippen molar-refractivity contribution in [2.75, 3.05) is 0 Å². The maximum absolute atomic E-state index is 11.1. The van der Waals surface area contributed by atoms with Crippen LogP contribution in [0, 0.1) is 5.92 Å². The second-order valence-corrected chi connectivity index (χ2v) is 6.92. The van der Waals surface area contributed by atoms with Gasteiger partial charge in [0.2, 0.25) is 0 Å². The van der Waals surface area contributed by atoms with E-state index in [1.165, 1.54) is 12.8 Å². The topological polar surface area (TPSA) is 37.3 Å². The minimum atomic E-state index is -0.708. The van der Waals surface area contributed by atoms with Gasteiger partial charge < -0.3 is 5.11 Å². The largest absolute Gasteiger partial charge is 0.481 e. The number of rotatable bonds is 15. The van der Waals surface area contributed by atoms with E-state index in [1.807, 2.05) is 6.92 Å². The summed E-state index contributed by atoms with van der Waals surface area (Å²) < 4.78 is 0. The summed E-state index contributed by atoms with van der Waals surface area (Å²) in [4.78, 5) is 11.9. The molecule has 1 atom stereocenters. The molecule has 0 spiro atoms. The molecule has 1 unspecified atom stereocenters. The van der Waals surface area contributed by atoms with Gasteiger partial charge in [0.25, 0.3) is 0 Å². The molecule has 0 amide bonds. The van der Waals surface area contributed by atoms with E-state index in [4.69, 9.17) is 17.3 Å². The van der Waals surface area contributed by atoms with Gasteiger partial charge in [0, 0.05) is 0 Å². The molecule has 0 aliphatic heterocycles. The zero-order valence-electron chi connectivity index (χ0n) is 15.4. The van der Waals surface area contributed by atoms with E-state index in [0.29, 0.717) is 6.42 Å². The Kier molecular flexibility index (Phi) is 15.8. The average molecular weight is 351 g/mol. The highest BCUT2D eigenvalue weighted by Crippen LogP contribution is 2.16. The number of unbranched alkanes of at least 4 members (excludes halogenated alkanes) is 4. The molecule has 3 heteroatoms. The fourth-order valence-electron chi connectivity index (χ4n) is 2.49. The number of allylic oxidation sites excluding steroid dienone is 6. The van der Waals surface area contributed by atoms with Gasteiger partial charge in [0.1, 0.15) is 0 Å². The summed E-state index contributed by atoms with van der Waals surface area (Å²) in [6, 6.07) is 0. The smallest absolute Gasteiger partial charge is 0.306 e. The van der Waals surface area contributed by atoms with E-state index in [1.54, 1.807) is 0 Å². The number of carbonyl (C=O) groups is 1. The molecule has 24 heavy (non-hydrogen) atoms. The van der Waals surface area contributed by atoms with Crippen molar-refractivity contribution >= 4 is 23.1 Å². The van der Waals surface area contributed by atoms with Crippen LogP contribution in [-0.4, -0.2) is 15.9 Å². The van der Waals surface area contributed by atoms with Crippen molar-refractivity contribution < 1.29 is 9.90 Å². The molecule has 2 nitrogen and oxygen atoms in total. The minimum absolute atomic E-state index is 0.290. The summed E-state index contributed by atoms with van der Waals surface area (Å²) in [5.41, 5.74) is 0. The van der Waals surface area contributed by atoms with Gasteiger partial charge in [0.05, 0.1) is 5.92 Å². The summed E-state index contributed by atoms with van der Waals surface area (Å²) in [5, 5.41) is 9.15. The maximum atomic E-state index is 11.1. The Balaban J connectivity index is 3.55. The predicted octanol–water partition coefficient (Wildman–Crippen LogP) is 6.67. The van der Waals surface area contributed by atoms with Crippen molar-refractivity contribution in [3.8, 4) is 0 Å². The number of hydrogen-bond donors (Lipinski definition) is 1. The third kappa shape index (κ3) is 15.7. The standard InChI is InChI=1S/C21H34O2S/c1-3-4-5-6-7-8-9-10-11-12-13-14-15-16-17-20(21(22)23)18-19(2)24/h4-5,7-8,10-11,20H,3,6,9,12-18H2,1-2H3,(H,22,23). The van der Waals surface area contributed by atoms with E-state index in [2.05, 4.69) is 43.4 Å². The molecule has 0 radical (unpaired) electrons. The van der Waals surface area contributed by atoms with Gasteiger partial charge in [0.15, 0.2) is 0 Å². The number of aliphatic carboxylic acids is 1. The first kappa shape index (κ1) is 22.8. The third-order valence-corrected chi connectivity index (χ3v) is 4.00. The normalized spacial score (nSPS) is 13.2. The van der Waals surface area contributed by atoms with Crippen molar-refractivity contribution in [1.29, 1.82) is 0 Å². The van der Waals surface area contributed by atoms with Crippen molar-refractivity contribution in [3.05, 3.63) is 36.5 Å². The van der Waals surface area contributed by atoms with Crippen LogP contribution in [-0.2, 0) is 4.79 Å². The number of hydrogen-bond acceptors (Lipinski definition) is 2. The maximum Gasteiger partial charge on any atom is 0.306 e. The molecule has 1 N–H and O–H groups in total. The first-order valence-electron chi connectivity index (χ1n) is 9.25. The van der Waals surface area contributed by atoms with Crippen LogP contribution in [0.15, 0.2) is 36.5 Å². The molecule has 0 rings (SSSR count). The Morgan fingerprint density at radius 2 is 1.54 bits per heavy atom. The second kappa shape index (κ2) is 16.6. The number of thiocarbonyl (C=S) groups is 1. The lowest BCUT2D eigenvalue weighted by atomic mass is 9.96. The van der Waals surface area contributed by atoms with Crippen LogP contribution in [0.4, 0.5) is 0 Å². The summed E-state index contributed by atoms with van der Waals surface area (Å²) >= 11 is 5.02. The molecular weight excluding hydrogens is 316 g/mol. The van der Waals surface area contributed by atoms with Crippen LogP contribution in [0.3, 0.4) is 0 Å². The monoisotopic (exact) mass is 350 g/mol. The van der Waals surface area contributed by atoms with Crippen molar-refractivity contribution in [2.24, 2.45) is 5.92 Å². The van der Waals surface area contributed by atoms with E-state index in [9.17, 15) is 4.79 Å². The van der Waals surface area contributed by atoms with Gasteiger partial charge in [-0.05, 0) is 56.7 Å². The molecule has 0 aliphatic carbocycles. The molecule has 0 aromatic rings. The molecule has 0 bridgehead atoms. The second-order valence-electron chi connectivity index (χ2n) is 6.23. The molecule has 0 aliphatic rings. The van der Waals surface area contributed by atoms with Crippen LogP contribution in [0.25, 0.3) is 0 Å². The zero-order valence-corrected chi connectivity index (χ0v) is 16.2. The predicted molar refractivity (Wildman–Crippen MR) is 109 cm³/mol. The fraction of sp³-hybridized carbons (Fsp3) is 0.619. The van der Waals surface area contributed by atoms with Crippen molar-refractivity contribution in [3.63, 3.8) is 0 Å². The Morgan fingerprint density at radius 1 is 0.958 bits per heavy atom. The molecule has 136 valence electrons. The summed E-state index contributed by atoms with van der Waals surface area (Å²) in [7, 11) is 0.